The Bertz CT molecular complexity index is 516. The van der Waals surface area contributed by atoms with Crippen molar-refractivity contribution >= 4 is 18.3 Å². The summed E-state index contributed by atoms with van der Waals surface area (Å²) in [5, 5.41) is 18.7. The summed E-state index contributed by atoms with van der Waals surface area (Å²) in [4.78, 5) is 11.5. The molecule has 78 valence electrons. The van der Waals surface area contributed by atoms with Crippen LogP contribution in [0.4, 0.5) is 0 Å². The Morgan fingerprint density at radius 3 is 2.53 bits per heavy atom. The van der Waals surface area contributed by atoms with Gasteiger partial charge in [0.1, 0.15) is 5.75 Å². The smallest absolute Gasteiger partial charge is 0.170 e. The molecule has 0 saturated heterocycles. The van der Waals surface area contributed by atoms with Gasteiger partial charge in [-0.2, -0.15) is 0 Å². The lowest BCUT2D eigenvalue weighted by molar-refractivity contribution is 0.0933. The third kappa shape index (κ3) is 1.54. The number of benzene rings is 1. The van der Waals surface area contributed by atoms with Gasteiger partial charge in [-0.1, -0.05) is 0 Å². The molecule has 1 aromatic rings. The van der Waals surface area contributed by atoms with Crippen LogP contribution in [0.1, 0.15) is 16.8 Å². The average Bonchev–Trinajstić information content (AvgIpc) is 2.28. The summed E-state index contributed by atoms with van der Waals surface area (Å²) < 4.78 is 5.29. The van der Waals surface area contributed by atoms with Crippen LogP contribution in [-0.4, -0.2) is 22.6 Å². The van der Waals surface area contributed by atoms with Gasteiger partial charge in [0.2, 0.25) is 0 Å². The van der Waals surface area contributed by atoms with Gasteiger partial charge in [-0.25, -0.2) is 0 Å². The number of hydrogen-bond acceptors (Lipinski definition) is 4. The second-order valence-corrected chi connectivity index (χ2v) is 3.26. The van der Waals surface area contributed by atoms with Crippen LogP contribution in [0.5, 0.6) is 5.75 Å². The van der Waals surface area contributed by atoms with E-state index in [4.69, 9.17) is 14.9 Å². The topological polar surface area (TPSA) is 66.8 Å². The fourth-order valence-corrected chi connectivity index (χ4v) is 1.56. The molecule has 4 heteroatoms. The van der Waals surface area contributed by atoms with Crippen molar-refractivity contribution in [1.82, 2.24) is 0 Å². The summed E-state index contributed by atoms with van der Waals surface area (Å²) in [5.41, 5.74) is 0.451. The number of carbonyl (C=O) groups excluding carboxylic acids is 1. The summed E-state index contributed by atoms with van der Waals surface area (Å²) >= 11 is 0. The van der Waals surface area contributed by atoms with Gasteiger partial charge in [0, 0.05) is 16.9 Å². The van der Waals surface area contributed by atoms with E-state index in [-0.39, 0.29) is 5.78 Å². The van der Waals surface area contributed by atoms with Gasteiger partial charge in [0.25, 0.3) is 0 Å². The first-order valence-corrected chi connectivity index (χ1v) is 4.55. The van der Waals surface area contributed by atoms with Crippen LogP contribution in [0.2, 0.25) is 0 Å². The molecule has 1 aromatic carbocycles. The lowest BCUT2D eigenvalue weighted by atomic mass is 10.0. The molecular formula is C11H10O4. The zero-order valence-corrected chi connectivity index (χ0v) is 7.93. The highest BCUT2D eigenvalue weighted by Crippen LogP contribution is 2.20. The summed E-state index contributed by atoms with van der Waals surface area (Å²) in [5.74, 6) is 0.445. The minimum atomic E-state index is -0.0103. The van der Waals surface area contributed by atoms with Crippen LogP contribution < -0.4 is 15.2 Å². The fourth-order valence-electron chi connectivity index (χ4n) is 1.56. The number of fused-ring (bicyclic) bond motifs is 1. The highest BCUT2D eigenvalue weighted by molar-refractivity contribution is 5.99. The number of aliphatic hydroxyl groups excluding tert-OH is 2. The first-order valence-electron chi connectivity index (χ1n) is 4.55. The quantitative estimate of drug-likeness (QED) is 0.638. The van der Waals surface area contributed by atoms with Crippen LogP contribution in [-0.2, 0) is 0 Å². The van der Waals surface area contributed by atoms with Crippen LogP contribution in [0.15, 0.2) is 12.1 Å². The van der Waals surface area contributed by atoms with Crippen LogP contribution in [0.25, 0.3) is 12.5 Å². The molecule has 1 aliphatic rings. The number of Topliss-reactive ketones (excluding diaryl/α,β-unsaturated/α-hetero) is 1. The minimum Gasteiger partial charge on any atom is -0.515 e. The van der Waals surface area contributed by atoms with Crippen molar-refractivity contribution in [2.75, 3.05) is 6.61 Å². The summed E-state index contributed by atoms with van der Waals surface area (Å²) in [6.45, 7) is 0.360. The summed E-state index contributed by atoms with van der Waals surface area (Å²) in [6.07, 6.45) is 2.06. The average molecular weight is 206 g/mol. The van der Waals surface area contributed by atoms with Crippen molar-refractivity contribution in [3.8, 4) is 5.75 Å². The lowest BCUT2D eigenvalue weighted by Gasteiger charge is -2.15. The normalized spacial score (nSPS) is 17.5. The number of rotatable bonds is 0. The molecule has 4 nitrogen and oxygen atoms in total. The molecule has 0 spiro atoms. The van der Waals surface area contributed by atoms with E-state index >= 15 is 0 Å². The van der Waals surface area contributed by atoms with Crippen molar-refractivity contribution in [3.05, 3.63) is 28.1 Å². The van der Waals surface area contributed by atoms with E-state index in [1.165, 1.54) is 12.1 Å². The van der Waals surface area contributed by atoms with E-state index in [2.05, 4.69) is 0 Å². The number of ether oxygens (including phenoxy) is 1. The molecule has 1 heterocycles. The maximum atomic E-state index is 11.5. The van der Waals surface area contributed by atoms with Gasteiger partial charge in [-0.3, -0.25) is 4.79 Å². The van der Waals surface area contributed by atoms with E-state index in [1.807, 2.05) is 0 Å². The van der Waals surface area contributed by atoms with Gasteiger partial charge < -0.3 is 14.9 Å². The Kier molecular flexibility index (Phi) is 2.33. The molecule has 15 heavy (non-hydrogen) atoms. The highest BCUT2D eigenvalue weighted by atomic mass is 16.5. The molecule has 0 atom stereocenters. The van der Waals surface area contributed by atoms with E-state index < -0.39 is 0 Å². The van der Waals surface area contributed by atoms with Crippen LogP contribution in [0, 0.1) is 0 Å². The number of hydrogen-bond donors (Lipinski definition) is 2. The Balaban J connectivity index is 2.75. The minimum absolute atomic E-state index is 0.0103. The molecule has 1 aliphatic heterocycles. The van der Waals surface area contributed by atoms with E-state index in [1.54, 1.807) is 0 Å². The van der Waals surface area contributed by atoms with E-state index in [9.17, 15) is 4.79 Å². The molecule has 0 radical (unpaired) electrons. The molecule has 0 unspecified atom stereocenters. The van der Waals surface area contributed by atoms with Crippen molar-refractivity contribution in [1.29, 1.82) is 0 Å². The molecule has 0 aromatic heterocycles. The molecule has 0 fully saturated rings. The van der Waals surface area contributed by atoms with Gasteiger partial charge in [0.15, 0.2) is 5.78 Å². The first-order chi connectivity index (χ1) is 7.26. The predicted octanol–water partition coefficient (Wildman–Crippen LogP) is 0.244. The Morgan fingerprint density at radius 2 is 1.87 bits per heavy atom. The zero-order chi connectivity index (χ0) is 10.8. The van der Waals surface area contributed by atoms with E-state index in [0.717, 1.165) is 12.5 Å². The number of aliphatic hydroxyl groups is 2. The highest BCUT2D eigenvalue weighted by Gasteiger charge is 2.18. The van der Waals surface area contributed by atoms with Gasteiger partial charge in [-0.05, 0) is 12.1 Å². The predicted molar refractivity (Wildman–Crippen MR) is 54.3 cm³/mol. The zero-order valence-electron chi connectivity index (χ0n) is 7.93. The first kappa shape index (κ1) is 9.58. The number of ketones is 1. The van der Waals surface area contributed by atoms with Gasteiger partial charge in [-0.15, -0.1) is 0 Å². The number of carbonyl (C=O) groups is 1. The molecule has 0 saturated carbocycles. The van der Waals surface area contributed by atoms with Crippen molar-refractivity contribution in [2.24, 2.45) is 0 Å². The van der Waals surface area contributed by atoms with Crippen LogP contribution in [0.3, 0.4) is 0 Å². The molecule has 0 aliphatic carbocycles. The fraction of sp³-hybridized carbons (Fsp3) is 0.182. The Morgan fingerprint density at radius 1 is 1.20 bits per heavy atom. The lowest BCUT2D eigenvalue weighted by Crippen LogP contribution is -2.29. The molecule has 0 amide bonds. The maximum Gasteiger partial charge on any atom is 0.170 e. The largest absolute Gasteiger partial charge is 0.515 e. The summed E-state index contributed by atoms with van der Waals surface area (Å²) in [7, 11) is 0. The van der Waals surface area contributed by atoms with Crippen molar-refractivity contribution in [2.45, 2.75) is 6.42 Å². The van der Waals surface area contributed by atoms with Crippen LogP contribution >= 0.6 is 0 Å². The van der Waals surface area contributed by atoms with Crippen molar-refractivity contribution < 1.29 is 19.7 Å². The SMILES string of the molecule is O=C1CCOc2cc(=CO)c(=CO)cc21. The third-order valence-electron chi connectivity index (χ3n) is 2.35. The third-order valence-corrected chi connectivity index (χ3v) is 2.35. The van der Waals surface area contributed by atoms with Gasteiger partial charge in [0.05, 0.1) is 24.7 Å². The molecular weight excluding hydrogens is 196 g/mol. The standard InChI is InChI=1S/C11H10O4/c12-5-7-3-9-10(14)1-2-15-11(9)4-8(7)6-13/h3-6,12-13H,1-2H2. The maximum absolute atomic E-state index is 11.5. The molecule has 2 rings (SSSR count). The van der Waals surface area contributed by atoms with Crippen molar-refractivity contribution in [3.63, 3.8) is 0 Å². The van der Waals surface area contributed by atoms with E-state index in [0.29, 0.717) is 34.8 Å². The van der Waals surface area contributed by atoms with Gasteiger partial charge >= 0.3 is 0 Å². The molecule has 0 bridgehead atoms. The molecule has 2 N–H and O–H groups in total. The monoisotopic (exact) mass is 206 g/mol. The summed E-state index contributed by atoms with van der Waals surface area (Å²) in [6, 6.07) is 3.05. The second kappa shape index (κ2) is 3.65. The Labute approximate surface area is 85.7 Å². The Hall–Kier alpha value is -1.97. The second-order valence-electron chi connectivity index (χ2n) is 3.26.